The minimum Gasteiger partial charge on any atom is -0.496 e. The molecule has 1 aliphatic rings. The summed E-state index contributed by atoms with van der Waals surface area (Å²) in [5.74, 6) is -1.71. The van der Waals surface area contributed by atoms with E-state index >= 15 is 0 Å². The Balaban J connectivity index is 1.98. The molecule has 1 heterocycles. The van der Waals surface area contributed by atoms with Gasteiger partial charge in [-0.2, -0.15) is 0 Å². The second kappa shape index (κ2) is 10.5. The van der Waals surface area contributed by atoms with E-state index in [0.717, 1.165) is 14.2 Å². The molecule has 3 rings (SSSR count). The Kier molecular flexibility index (Phi) is 7.74. The fraction of sp³-hybridized carbons (Fsp3) is 0.318. The highest BCUT2D eigenvalue weighted by Crippen LogP contribution is 2.27. The van der Waals surface area contributed by atoms with Crippen molar-refractivity contribution in [3.8, 4) is 5.75 Å². The van der Waals surface area contributed by atoms with Crippen molar-refractivity contribution >= 4 is 33.6 Å². The highest BCUT2D eigenvalue weighted by atomic mass is 32.2. The van der Waals surface area contributed by atoms with Crippen LogP contribution < -0.4 is 9.46 Å². The molecule has 1 amide bonds. The molecule has 0 aliphatic carbocycles. The number of nitrogens with one attached hydrogen (secondary N) is 1. The third kappa shape index (κ3) is 5.46. The Morgan fingerprint density at radius 1 is 0.912 bits per heavy atom. The maximum atomic E-state index is 13.1. The van der Waals surface area contributed by atoms with Gasteiger partial charge in [0.25, 0.3) is 15.9 Å². The van der Waals surface area contributed by atoms with Crippen molar-refractivity contribution in [3.05, 3.63) is 53.1 Å². The van der Waals surface area contributed by atoms with Crippen LogP contribution in [0, 0.1) is 0 Å². The van der Waals surface area contributed by atoms with E-state index in [-0.39, 0.29) is 33.0 Å². The lowest BCUT2D eigenvalue weighted by atomic mass is 10.1. The molecule has 1 N–H and O–H groups in total. The average Bonchev–Trinajstić information content (AvgIpc) is 2.86. The summed E-state index contributed by atoms with van der Waals surface area (Å²) in [7, 11) is -0.541. The van der Waals surface area contributed by atoms with Crippen molar-refractivity contribution in [2.45, 2.75) is 4.90 Å². The highest BCUT2D eigenvalue weighted by molar-refractivity contribution is 7.92. The molecular formula is C22H24N2O9S. The third-order valence-electron chi connectivity index (χ3n) is 5.04. The maximum Gasteiger partial charge on any atom is 0.337 e. The first-order valence-electron chi connectivity index (χ1n) is 10.1. The van der Waals surface area contributed by atoms with Crippen molar-refractivity contribution in [1.82, 2.24) is 4.90 Å². The van der Waals surface area contributed by atoms with Gasteiger partial charge >= 0.3 is 11.9 Å². The number of ether oxygens (including phenoxy) is 4. The molecule has 11 nitrogen and oxygen atoms in total. The minimum absolute atomic E-state index is 0.0546. The first-order chi connectivity index (χ1) is 16.2. The van der Waals surface area contributed by atoms with E-state index in [1.165, 1.54) is 43.5 Å². The van der Waals surface area contributed by atoms with Gasteiger partial charge in [0.2, 0.25) is 0 Å². The molecule has 2 aromatic rings. The Morgan fingerprint density at radius 3 is 2.03 bits per heavy atom. The van der Waals surface area contributed by atoms with Crippen LogP contribution in [0.25, 0.3) is 0 Å². The molecule has 0 saturated carbocycles. The summed E-state index contributed by atoms with van der Waals surface area (Å²) in [6.07, 6.45) is 0. The van der Waals surface area contributed by atoms with Gasteiger partial charge < -0.3 is 23.8 Å². The van der Waals surface area contributed by atoms with E-state index in [0.29, 0.717) is 26.3 Å². The molecule has 0 radical (unpaired) electrons. The molecule has 182 valence electrons. The lowest BCUT2D eigenvalue weighted by molar-refractivity contribution is 0.0300. The fourth-order valence-corrected chi connectivity index (χ4v) is 4.40. The second-order valence-corrected chi connectivity index (χ2v) is 8.84. The van der Waals surface area contributed by atoms with Gasteiger partial charge in [-0.3, -0.25) is 9.52 Å². The predicted molar refractivity (Wildman–Crippen MR) is 120 cm³/mol. The van der Waals surface area contributed by atoms with Gasteiger partial charge in [0, 0.05) is 13.1 Å². The number of amides is 1. The third-order valence-corrected chi connectivity index (χ3v) is 6.42. The Bertz CT molecular complexity index is 1170. The van der Waals surface area contributed by atoms with Crippen LogP contribution in [0.1, 0.15) is 31.1 Å². The smallest absolute Gasteiger partial charge is 0.337 e. The van der Waals surface area contributed by atoms with E-state index in [9.17, 15) is 22.8 Å². The number of morpholine rings is 1. The zero-order chi connectivity index (χ0) is 24.9. The number of esters is 2. The Morgan fingerprint density at radius 2 is 1.50 bits per heavy atom. The van der Waals surface area contributed by atoms with Crippen molar-refractivity contribution in [2.75, 3.05) is 52.4 Å². The quantitative estimate of drug-likeness (QED) is 0.571. The maximum absolute atomic E-state index is 13.1. The van der Waals surface area contributed by atoms with Gasteiger partial charge in [0.05, 0.1) is 61.8 Å². The largest absolute Gasteiger partial charge is 0.496 e. The Hall–Kier alpha value is -3.64. The number of carbonyl (C=O) groups excluding carboxylic acids is 3. The average molecular weight is 493 g/mol. The topological polar surface area (TPSA) is 138 Å². The zero-order valence-electron chi connectivity index (χ0n) is 18.8. The van der Waals surface area contributed by atoms with Gasteiger partial charge in [-0.05, 0) is 36.4 Å². The van der Waals surface area contributed by atoms with Crippen LogP contribution in [0.2, 0.25) is 0 Å². The van der Waals surface area contributed by atoms with Crippen LogP contribution in [0.3, 0.4) is 0 Å². The monoisotopic (exact) mass is 492 g/mol. The molecule has 0 spiro atoms. The summed E-state index contributed by atoms with van der Waals surface area (Å²) in [5, 5.41) is 0. The summed E-state index contributed by atoms with van der Waals surface area (Å²) in [4.78, 5) is 38.3. The summed E-state index contributed by atoms with van der Waals surface area (Å²) >= 11 is 0. The standard InChI is InChI=1S/C22H24N2O9S/c1-30-19-5-4-17(13-18(19)20(25)24-6-8-33-9-7-24)34(28,29)23-16-11-14(21(26)31-2)10-15(12-16)22(27)32-3/h4-5,10-13,23H,6-9H2,1-3H3. The number of anilines is 1. The lowest BCUT2D eigenvalue weighted by Gasteiger charge is -2.27. The fourth-order valence-electron chi connectivity index (χ4n) is 3.33. The van der Waals surface area contributed by atoms with Crippen LogP contribution in [0.5, 0.6) is 5.75 Å². The van der Waals surface area contributed by atoms with Crippen LogP contribution in [-0.4, -0.2) is 78.8 Å². The van der Waals surface area contributed by atoms with Crippen LogP contribution in [0.4, 0.5) is 5.69 Å². The number of benzene rings is 2. The molecule has 34 heavy (non-hydrogen) atoms. The summed E-state index contributed by atoms with van der Waals surface area (Å²) in [6.45, 7) is 1.50. The number of hydrogen-bond donors (Lipinski definition) is 1. The van der Waals surface area contributed by atoms with Crippen molar-refractivity contribution < 1.29 is 41.7 Å². The molecule has 0 atom stereocenters. The molecule has 1 saturated heterocycles. The van der Waals surface area contributed by atoms with Gasteiger partial charge in [-0.25, -0.2) is 18.0 Å². The summed E-state index contributed by atoms with van der Waals surface area (Å²) < 4.78 is 48.4. The van der Waals surface area contributed by atoms with E-state index in [4.69, 9.17) is 9.47 Å². The van der Waals surface area contributed by atoms with Gasteiger partial charge in [-0.1, -0.05) is 0 Å². The first kappa shape index (κ1) is 25.0. The first-order valence-corrected chi connectivity index (χ1v) is 11.6. The summed E-state index contributed by atoms with van der Waals surface area (Å²) in [6, 6.07) is 7.54. The molecular weight excluding hydrogens is 468 g/mol. The van der Waals surface area contributed by atoms with E-state index in [1.807, 2.05) is 0 Å². The van der Waals surface area contributed by atoms with Crippen molar-refractivity contribution in [2.24, 2.45) is 0 Å². The van der Waals surface area contributed by atoms with Crippen molar-refractivity contribution in [1.29, 1.82) is 0 Å². The van der Waals surface area contributed by atoms with Crippen molar-refractivity contribution in [3.63, 3.8) is 0 Å². The Labute approximate surface area is 196 Å². The van der Waals surface area contributed by atoms with Gasteiger partial charge in [0.1, 0.15) is 5.75 Å². The SMILES string of the molecule is COC(=O)c1cc(NS(=O)(=O)c2ccc(OC)c(C(=O)N3CCOCC3)c2)cc(C(=O)OC)c1. The normalized spacial score (nSPS) is 13.7. The molecule has 1 aliphatic heterocycles. The number of methoxy groups -OCH3 is 3. The van der Waals surface area contributed by atoms with E-state index in [1.54, 1.807) is 4.90 Å². The van der Waals surface area contributed by atoms with E-state index in [2.05, 4.69) is 14.2 Å². The summed E-state index contributed by atoms with van der Waals surface area (Å²) in [5.41, 5.74) is -0.104. The number of sulfonamides is 1. The van der Waals surface area contributed by atoms with Gasteiger partial charge in [-0.15, -0.1) is 0 Å². The predicted octanol–water partition coefficient (Wildman–Crippen LogP) is 1.54. The molecule has 0 unspecified atom stereocenters. The molecule has 1 fully saturated rings. The molecule has 12 heteroatoms. The highest BCUT2D eigenvalue weighted by Gasteiger charge is 2.25. The van der Waals surface area contributed by atoms with Crippen LogP contribution >= 0.6 is 0 Å². The van der Waals surface area contributed by atoms with Crippen LogP contribution in [0.15, 0.2) is 41.3 Å². The zero-order valence-corrected chi connectivity index (χ0v) is 19.6. The number of carbonyl (C=O) groups is 3. The van der Waals surface area contributed by atoms with Crippen LogP contribution in [-0.2, 0) is 24.2 Å². The number of nitrogens with zero attached hydrogens (tertiary/aromatic N) is 1. The second-order valence-electron chi connectivity index (χ2n) is 7.15. The molecule has 0 aromatic heterocycles. The molecule has 0 bridgehead atoms. The van der Waals surface area contributed by atoms with E-state index < -0.39 is 27.9 Å². The lowest BCUT2D eigenvalue weighted by Crippen LogP contribution is -2.40. The number of hydrogen-bond acceptors (Lipinski definition) is 9. The van der Waals surface area contributed by atoms with Gasteiger partial charge in [0.15, 0.2) is 0 Å². The molecule has 2 aromatic carbocycles. The minimum atomic E-state index is -4.23. The number of rotatable bonds is 7.